The highest BCUT2D eigenvalue weighted by molar-refractivity contribution is 5.85. The van der Waals surface area contributed by atoms with Gasteiger partial charge in [0.2, 0.25) is 5.91 Å². The Kier molecular flexibility index (Phi) is 10.2. The van der Waals surface area contributed by atoms with Gasteiger partial charge in [-0.2, -0.15) is 0 Å². The number of halogens is 1. The minimum absolute atomic E-state index is 0. The Morgan fingerprint density at radius 3 is 2.70 bits per heavy atom. The first-order valence-corrected chi connectivity index (χ1v) is 7.60. The summed E-state index contributed by atoms with van der Waals surface area (Å²) in [5, 5.41) is 6.42. The molecular weight excluding hydrogens is 276 g/mol. The molecule has 3 unspecified atom stereocenters. The normalized spacial score (nSPS) is 24.1. The maximum atomic E-state index is 11.8. The molecule has 1 saturated heterocycles. The van der Waals surface area contributed by atoms with Crippen molar-refractivity contribution in [3.05, 3.63) is 0 Å². The molecule has 0 saturated carbocycles. The maximum Gasteiger partial charge on any atom is 0.222 e. The highest BCUT2D eigenvalue weighted by atomic mass is 35.5. The van der Waals surface area contributed by atoms with E-state index in [9.17, 15) is 4.79 Å². The smallest absolute Gasteiger partial charge is 0.222 e. The minimum atomic E-state index is 0. The Morgan fingerprint density at radius 1 is 1.40 bits per heavy atom. The molecule has 5 heteroatoms. The van der Waals surface area contributed by atoms with Gasteiger partial charge in [-0.3, -0.25) is 4.79 Å². The third-order valence-corrected chi connectivity index (χ3v) is 3.71. The highest BCUT2D eigenvalue weighted by Gasteiger charge is 2.22. The third-order valence-electron chi connectivity index (χ3n) is 3.71. The second-order valence-corrected chi connectivity index (χ2v) is 6.21. The topological polar surface area (TPSA) is 50.4 Å². The van der Waals surface area contributed by atoms with Crippen LogP contribution in [0.4, 0.5) is 0 Å². The Morgan fingerprint density at radius 2 is 2.10 bits per heavy atom. The number of nitrogens with one attached hydrogen (secondary N) is 2. The molecule has 1 amide bonds. The lowest BCUT2D eigenvalue weighted by Gasteiger charge is -2.30. The molecule has 120 valence electrons. The number of rotatable bonds is 7. The van der Waals surface area contributed by atoms with Crippen LogP contribution in [0.1, 0.15) is 47.0 Å². The van der Waals surface area contributed by atoms with Crippen molar-refractivity contribution in [2.24, 2.45) is 11.8 Å². The van der Waals surface area contributed by atoms with Crippen molar-refractivity contribution in [3.63, 3.8) is 0 Å². The molecule has 1 heterocycles. The van der Waals surface area contributed by atoms with Crippen molar-refractivity contribution >= 4 is 18.3 Å². The van der Waals surface area contributed by atoms with Gasteiger partial charge in [-0.15, -0.1) is 12.4 Å². The summed E-state index contributed by atoms with van der Waals surface area (Å²) in [6.45, 7) is 11.1. The minimum Gasteiger partial charge on any atom is -0.378 e. The lowest BCUT2D eigenvalue weighted by Crippen LogP contribution is -2.50. The van der Waals surface area contributed by atoms with Crippen LogP contribution in [0.5, 0.6) is 0 Å². The van der Waals surface area contributed by atoms with Crippen molar-refractivity contribution < 1.29 is 9.53 Å². The van der Waals surface area contributed by atoms with Gasteiger partial charge in [0, 0.05) is 19.0 Å². The van der Waals surface area contributed by atoms with Crippen LogP contribution in [0.2, 0.25) is 0 Å². The van der Waals surface area contributed by atoms with Crippen LogP contribution in [0.25, 0.3) is 0 Å². The predicted molar refractivity (Wildman–Crippen MR) is 85.3 cm³/mol. The molecule has 1 rings (SSSR count). The molecule has 2 N–H and O–H groups in total. The Hall–Kier alpha value is -0.320. The first kappa shape index (κ1) is 19.7. The molecule has 0 aliphatic carbocycles. The molecule has 1 aliphatic rings. The summed E-state index contributed by atoms with van der Waals surface area (Å²) in [7, 11) is 0. The molecule has 0 aromatic carbocycles. The molecule has 0 aromatic heterocycles. The van der Waals surface area contributed by atoms with E-state index in [2.05, 4.69) is 38.3 Å². The summed E-state index contributed by atoms with van der Waals surface area (Å²) in [6, 6.07) is 0.273. The number of hydrogen-bond donors (Lipinski definition) is 2. The van der Waals surface area contributed by atoms with Crippen LogP contribution in [-0.4, -0.2) is 37.7 Å². The van der Waals surface area contributed by atoms with Crippen LogP contribution in [-0.2, 0) is 9.53 Å². The zero-order valence-corrected chi connectivity index (χ0v) is 14.1. The zero-order chi connectivity index (χ0) is 14.3. The molecule has 1 fully saturated rings. The Labute approximate surface area is 129 Å². The summed E-state index contributed by atoms with van der Waals surface area (Å²) >= 11 is 0. The van der Waals surface area contributed by atoms with Gasteiger partial charge in [-0.25, -0.2) is 0 Å². The van der Waals surface area contributed by atoms with E-state index >= 15 is 0 Å². The van der Waals surface area contributed by atoms with Crippen LogP contribution in [0.15, 0.2) is 0 Å². The Bertz CT molecular complexity index is 275. The van der Waals surface area contributed by atoms with Crippen molar-refractivity contribution in [2.45, 2.75) is 59.1 Å². The van der Waals surface area contributed by atoms with Crippen molar-refractivity contribution in [1.29, 1.82) is 0 Å². The number of carbonyl (C=O) groups is 1. The summed E-state index contributed by atoms with van der Waals surface area (Å²) < 4.78 is 5.66. The van der Waals surface area contributed by atoms with E-state index in [4.69, 9.17) is 4.74 Å². The van der Waals surface area contributed by atoms with Gasteiger partial charge in [0.25, 0.3) is 0 Å². The van der Waals surface area contributed by atoms with Gasteiger partial charge >= 0.3 is 0 Å². The first-order valence-electron chi connectivity index (χ1n) is 7.60. The van der Waals surface area contributed by atoms with Crippen LogP contribution >= 0.6 is 12.4 Å². The van der Waals surface area contributed by atoms with Crippen LogP contribution in [0, 0.1) is 11.8 Å². The van der Waals surface area contributed by atoms with Gasteiger partial charge in [-0.05, 0) is 38.1 Å². The van der Waals surface area contributed by atoms with E-state index in [-0.39, 0.29) is 30.5 Å². The maximum absolute atomic E-state index is 11.8. The predicted octanol–water partition coefficient (Wildman–Crippen LogP) is 2.36. The fourth-order valence-electron chi connectivity index (χ4n) is 2.55. The molecule has 4 nitrogen and oxygen atoms in total. The van der Waals surface area contributed by atoms with E-state index in [0.29, 0.717) is 24.9 Å². The largest absolute Gasteiger partial charge is 0.378 e. The zero-order valence-electron chi connectivity index (χ0n) is 13.3. The second kappa shape index (κ2) is 10.4. The van der Waals surface area contributed by atoms with Crippen molar-refractivity contribution in [1.82, 2.24) is 10.6 Å². The summed E-state index contributed by atoms with van der Waals surface area (Å²) in [5.74, 6) is 1.31. The van der Waals surface area contributed by atoms with Gasteiger partial charge < -0.3 is 15.4 Å². The molecule has 20 heavy (non-hydrogen) atoms. The highest BCUT2D eigenvalue weighted by Crippen LogP contribution is 2.11. The SMILES string of the molecule is CC(C)CC(C)OCCC(=O)NC1CNCCC1C.Cl. The van der Waals surface area contributed by atoms with E-state index < -0.39 is 0 Å². The quantitative estimate of drug-likeness (QED) is 0.759. The molecule has 0 spiro atoms. The van der Waals surface area contributed by atoms with E-state index in [1.807, 2.05) is 0 Å². The Balaban J connectivity index is 0.00000361. The molecule has 0 aromatic rings. The lowest BCUT2D eigenvalue weighted by molar-refractivity contribution is -0.123. The molecule has 0 radical (unpaired) electrons. The molecule has 0 bridgehead atoms. The number of hydrogen-bond acceptors (Lipinski definition) is 3. The van der Waals surface area contributed by atoms with Crippen LogP contribution < -0.4 is 10.6 Å². The van der Waals surface area contributed by atoms with Crippen molar-refractivity contribution in [2.75, 3.05) is 19.7 Å². The van der Waals surface area contributed by atoms with Crippen molar-refractivity contribution in [3.8, 4) is 0 Å². The van der Waals surface area contributed by atoms with Gasteiger partial charge in [0.15, 0.2) is 0 Å². The number of amides is 1. The third kappa shape index (κ3) is 8.08. The van der Waals surface area contributed by atoms with Gasteiger partial charge in [-0.1, -0.05) is 20.8 Å². The fraction of sp³-hybridized carbons (Fsp3) is 0.933. The van der Waals surface area contributed by atoms with Gasteiger partial charge in [0.05, 0.1) is 12.7 Å². The lowest BCUT2D eigenvalue weighted by atomic mass is 9.95. The molecule has 3 atom stereocenters. The monoisotopic (exact) mass is 306 g/mol. The standard InChI is InChI=1S/C15H30N2O2.ClH/c1-11(2)9-13(4)19-8-6-15(18)17-14-10-16-7-5-12(14)3;/h11-14,16H,5-10H2,1-4H3,(H,17,18);1H. The fourth-order valence-corrected chi connectivity index (χ4v) is 2.55. The number of piperidine rings is 1. The van der Waals surface area contributed by atoms with Gasteiger partial charge in [0.1, 0.15) is 0 Å². The summed E-state index contributed by atoms with van der Waals surface area (Å²) in [6.07, 6.45) is 2.88. The molecular formula is C15H31ClN2O2. The van der Waals surface area contributed by atoms with Crippen LogP contribution in [0.3, 0.4) is 0 Å². The van der Waals surface area contributed by atoms with E-state index in [1.54, 1.807) is 0 Å². The number of carbonyl (C=O) groups excluding carboxylic acids is 1. The second-order valence-electron chi connectivity index (χ2n) is 6.21. The number of ether oxygens (including phenoxy) is 1. The van der Waals surface area contributed by atoms with E-state index in [0.717, 1.165) is 25.9 Å². The molecule has 1 aliphatic heterocycles. The average Bonchev–Trinajstić information content (AvgIpc) is 2.31. The summed E-state index contributed by atoms with van der Waals surface area (Å²) in [5.41, 5.74) is 0. The summed E-state index contributed by atoms with van der Waals surface area (Å²) in [4.78, 5) is 11.8. The van der Waals surface area contributed by atoms with E-state index in [1.165, 1.54) is 0 Å². The first-order chi connectivity index (χ1) is 8.99. The average molecular weight is 307 g/mol.